The molecule has 0 bridgehead atoms. The molecule has 0 unspecified atom stereocenters. The summed E-state index contributed by atoms with van der Waals surface area (Å²) in [7, 11) is 0. The number of aromatic nitrogens is 1. The van der Waals surface area contributed by atoms with Gasteiger partial charge in [-0.25, -0.2) is 0 Å². The fourth-order valence-electron chi connectivity index (χ4n) is 1.48. The topological polar surface area (TPSA) is 67.8 Å². The molecule has 3 heteroatoms. The lowest BCUT2D eigenvalue weighted by Gasteiger charge is -2.07. The Labute approximate surface area is 82.7 Å². The van der Waals surface area contributed by atoms with Crippen molar-refractivity contribution < 1.29 is 0 Å². The quantitative estimate of drug-likeness (QED) is 0.599. The van der Waals surface area contributed by atoms with Gasteiger partial charge in [-0.2, -0.15) is 0 Å². The number of nitrogens with two attached hydrogens (primary N) is 2. The summed E-state index contributed by atoms with van der Waals surface area (Å²) >= 11 is 0. The first-order chi connectivity index (χ1) is 6.68. The fraction of sp³-hybridized carbons (Fsp3) is 0.0909. The minimum Gasteiger partial charge on any atom is -0.398 e. The Balaban J connectivity index is 2.60. The molecule has 0 atom stereocenters. The van der Waals surface area contributed by atoms with Crippen LogP contribution in [-0.4, -0.2) is 4.98 Å². The zero-order valence-electron chi connectivity index (χ0n) is 8.04. The van der Waals surface area contributed by atoms with Gasteiger partial charge in [0.05, 0.1) is 0 Å². The van der Waals surface area contributed by atoms with Crippen LogP contribution in [-0.2, 0) is 0 Å². The number of hydrogen-bond acceptors (Lipinski definition) is 2. The molecule has 0 saturated heterocycles. The molecule has 1 aromatic heterocycles. The second kappa shape index (κ2) is 3.10. The highest BCUT2D eigenvalue weighted by Gasteiger charge is 2.05. The van der Waals surface area contributed by atoms with E-state index in [2.05, 4.69) is 4.98 Å². The fourth-order valence-corrected chi connectivity index (χ4v) is 1.48. The zero-order chi connectivity index (χ0) is 10.1. The zero-order valence-corrected chi connectivity index (χ0v) is 8.04. The standard InChI is InChI=1S/C11H13N3/c1-7-5-10(13)8(6-9(7)12)11-3-2-4-14-11/h2-6,14H,12-13H2,1H3. The van der Waals surface area contributed by atoms with Crippen LogP contribution in [0.1, 0.15) is 5.56 Å². The number of rotatable bonds is 1. The van der Waals surface area contributed by atoms with Crippen molar-refractivity contribution in [2.24, 2.45) is 0 Å². The van der Waals surface area contributed by atoms with Gasteiger partial charge in [0.15, 0.2) is 0 Å². The normalized spacial score (nSPS) is 10.4. The first-order valence-electron chi connectivity index (χ1n) is 4.48. The first kappa shape index (κ1) is 8.69. The van der Waals surface area contributed by atoms with Crippen LogP contribution in [0.5, 0.6) is 0 Å². The third kappa shape index (κ3) is 1.33. The number of nitrogens with one attached hydrogen (secondary N) is 1. The smallest absolute Gasteiger partial charge is 0.0475 e. The lowest BCUT2D eigenvalue weighted by atomic mass is 10.1. The predicted octanol–water partition coefficient (Wildman–Crippen LogP) is 2.15. The van der Waals surface area contributed by atoms with Gasteiger partial charge < -0.3 is 16.5 Å². The molecule has 0 radical (unpaired) electrons. The van der Waals surface area contributed by atoms with Crippen LogP contribution in [0.4, 0.5) is 11.4 Å². The van der Waals surface area contributed by atoms with Gasteiger partial charge in [0, 0.05) is 28.8 Å². The summed E-state index contributed by atoms with van der Waals surface area (Å²) in [6.07, 6.45) is 1.87. The number of benzene rings is 1. The molecule has 0 amide bonds. The van der Waals surface area contributed by atoms with Crippen molar-refractivity contribution in [3.63, 3.8) is 0 Å². The molecule has 14 heavy (non-hydrogen) atoms. The predicted molar refractivity (Wildman–Crippen MR) is 59.8 cm³/mol. The molecule has 0 aliphatic rings. The summed E-state index contributed by atoms with van der Waals surface area (Å²) < 4.78 is 0. The Bertz CT molecular complexity index is 444. The minimum absolute atomic E-state index is 0.749. The molecule has 2 aromatic rings. The van der Waals surface area contributed by atoms with Crippen molar-refractivity contribution in [2.75, 3.05) is 11.5 Å². The summed E-state index contributed by atoms with van der Waals surface area (Å²) in [6, 6.07) is 7.70. The van der Waals surface area contributed by atoms with Gasteiger partial charge in [-0.1, -0.05) is 0 Å². The van der Waals surface area contributed by atoms with E-state index in [0.29, 0.717) is 0 Å². The Morgan fingerprint density at radius 2 is 1.93 bits per heavy atom. The van der Waals surface area contributed by atoms with Crippen LogP contribution >= 0.6 is 0 Å². The van der Waals surface area contributed by atoms with E-state index >= 15 is 0 Å². The minimum atomic E-state index is 0.749. The number of anilines is 2. The van der Waals surface area contributed by atoms with E-state index in [1.165, 1.54) is 0 Å². The molecule has 3 nitrogen and oxygen atoms in total. The average molecular weight is 187 g/mol. The van der Waals surface area contributed by atoms with E-state index in [-0.39, 0.29) is 0 Å². The van der Waals surface area contributed by atoms with Crippen molar-refractivity contribution in [2.45, 2.75) is 6.92 Å². The molecule has 1 heterocycles. The van der Waals surface area contributed by atoms with E-state index in [4.69, 9.17) is 11.5 Å². The molecule has 0 spiro atoms. The molecule has 0 fully saturated rings. The van der Waals surface area contributed by atoms with Crippen LogP contribution in [0, 0.1) is 6.92 Å². The van der Waals surface area contributed by atoms with E-state index in [1.54, 1.807) is 0 Å². The summed E-state index contributed by atoms with van der Waals surface area (Å²) in [4.78, 5) is 3.11. The maximum Gasteiger partial charge on any atom is 0.0475 e. The highest BCUT2D eigenvalue weighted by Crippen LogP contribution is 2.28. The van der Waals surface area contributed by atoms with Gasteiger partial charge in [-0.15, -0.1) is 0 Å². The third-order valence-corrected chi connectivity index (χ3v) is 2.33. The highest BCUT2D eigenvalue weighted by atomic mass is 14.7. The van der Waals surface area contributed by atoms with Gasteiger partial charge >= 0.3 is 0 Å². The van der Waals surface area contributed by atoms with E-state index in [1.807, 2.05) is 37.4 Å². The molecule has 2 rings (SSSR count). The van der Waals surface area contributed by atoms with E-state index < -0.39 is 0 Å². The number of hydrogen-bond donors (Lipinski definition) is 3. The molecule has 0 aliphatic carbocycles. The Morgan fingerprint density at radius 3 is 2.57 bits per heavy atom. The summed E-state index contributed by atoms with van der Waals surface area (Å²) in [5, 5.41) is 0. The maximum atomic E-state index is 5.91. The molecule has 0 aliphatic heterocycles. The summed E-state index contributed by atoms with van der Waals surface area (Å²) in [5.74, 6) is 0. The lowest BCUT2D eigenvalue weighted by molar-refractivity contribution is 1.39. The lowest BCUT2D eigenvalue weighted by Crippen LogP contribution is -1.96. The third-order valence-electron chi connectivity index (χ3n) is 2.33. The van der Waals surface area contributed by atoms with Crippen molar-refractivity contribution in [3.05, 3.63) is 36.0 Å². The van der Waals surface area contributed by atoms with Gasteiger partial charge in [-0.3, -0.25) is 0 Å². The molecule has 0 saturated carbocycles. The summed E-state index contributed by atoms with van der Waals surface area (Å²) in [6.45, 7) is 1.95. The van der Waals surface area contributed by atoms with E-state index in [9.17, 15) is 0 Å². The van der Waals surface area contributed by atoms with Crippen molar-refractivity contribution in [1.29, 1.82) is 0 Å². The molecular weight excluding hydrogens is 174 g/mol. The maximum absolute atomic E-state index is 5.91. The second-order valence-corrected chi connectivity index (χ2v) is 3.38. The number of aryl methyl sites for hydroxylation is 1. The monoisotopic (exact) mass is 187 g/mol. The van der Waals surface area contributed by atoms with Crippen molar-refractivity contribution in [1.82, 2.24) is 4.98 Å². The second-order valence-electron chi connectivity index (χ2n) is 3.38. The van der Waals surface area contributed by atoms with Crippen LogP contribution in [0.25, 0.3) is 11.3 Å². The molecular formula is C11H13N3. The Morgan fingerprint density at radius 1 is 1.14 bits per heavy atom. The van der Waals surface area contributed by atoms with Gasteiger partial charge in [0.25, 0.3) is 0 Å². The molecule has 1 aromatic carbocycles. The van der Waals surface area contributed by atoms with Gasteiger partial charge in [0.1, 0.15) is 0 Å². The van der Waals surface area contributed by atoms with Crippen LogP contribution in [0.2, 0.25) is 0 Å². The van der Waals surface area contributed by atoms with Crippen molar-refractivity contribution >= 4 is 11.4 Å². The number of H-pyrrole nitrogens is 1. The highest BCUT2D eigenvalue weighted by molar-refractivity contribution is 5.78. The summed E-state index contributed by atoms with van der Waals surface area (Å²) in [5.41, 5.74) is 16.2. The first-order valence-corrected chi connectivity index (χ1v) is 4.48. The average Bonchev–Trinajstić information content (AvgIpc) is 2.64. The molecule has 72 valence electrons. The van der Waals surface area contributed by atoms with Crippen LogP contribution < -0.4 is 11.5 Å². The van der Waals surface area contributed by atoms with E-state index in [0.717, 1.165) is 28.2 Å². The largest absolute Gasteiger partial charge is 0.398 e. The molecule has 5 N–H and O–H groups in total. The van der Waals surface area contributed by atoms with Crippen molar-refractivity contribution in [3.8, 4) is 11.3 Å². The van der Waals surface area contributed by atoms with Crippen LogP contribution in [0.15, 0.2) is 30.5 Å². The SMILES string of the molecule is Cc1cc(N)c(-c2ccc[nH]2)cc1N. The van der Waals surface area contributed by atoms with Gasteiger partial charge in [-0.05, 0) is 36.8 Å². The number of nitrogen functional groups attached to an aromatic ring is 2. The van der Waals surface area contributed by atoms with Gasteiger partial charge in [0.2, 0.25) is 0 Å². The Hall–Kier alpha value is -1.90. The van der Waals surface area contributed by atoms with Crippen LogP contribution in [0.3, 0.4) is 0 Å². The Kier molecular flexibility index (Phi) is 1.93. The number of aromatic amines is 1.